The Bertz CT molecular complexity index is 164. The minimum absolute atomic E-state index is 0.0206. The van der Waals surface area contributed by atoms with Crippen LogP contribution in [-0.2, 0) is 4.79 Å². The van der Waals surface area contributed by atoms with Crippen LogP contribution in [0.15, 0.2) is 0 Å². The first kappa shape index (κ1) is 11.9. The Balaban J connectivity index is 0.000000236. The second-order valence-corrected chi connectivity index (χ2v) is 7.81. The molecule has 2 saturated heterocycles. The quantitative estimate of drug-likeness (QED) is 0.501. The molecule has 0 aromatic rings. The number of amides is 1. The summed E-state index contributed by atoms with van der Waals surface area (Å²) in [7, 11) is 7.26. The number of carbonyl (C=O) groups is 1. The van der Waals surface area contributed by atoms with Crippen molar-refractivity contribution in [3.63, 3.8) is 0 Å². The van der Waals surface area contributed by atoms with E-state index in [-0.39, 0.29) is 11.9 Å². The summed E-state index contributed by atoms with van der Waals surface area (Å²) in [6.45, 7) is 0.740. The Morgan fingerprint density at radius 3 is 2.62 bits per heavy atom. The van der Waals surface area contributed by atoms with E-state index in [2.05, 4.69) is 5.32 Å². The van der Waals surface area contributed by atoms with Gasteiger partial charge in [0.15, 0.2) is 0 Å². The molecule has 0 aliphatic carbocycles. The van der Waals surface area contributed by atoms with Gasteiger partial charge in [0, 0.05) is 18.1 Å². The van der Waals surface area contributed by atoms with Crippen molar-refractivity contribution in [2.45, 2.75) is 6.04 Å². The summed E-state index contributed by atoms with van der Waals surface area (Å²) >= 11 is 0. The molecular formula is C6H12N2OS4. The van der Waals surface area contributed by atoms with Crippen molar-refractivity contribution in [1.29, 1.82) is 0 Å². The highest BCUT2D eigenvalue weighted by Crippen LogP contribution is 2.41. The Morgan fingerprint density at radius 1 is 1.31 bits per heavy atom. The Kier molecular flexibility index (Phi) is 6.56. The van der Waals surface area contributed by atoms with Crippen LogP contribution in [0.4, 0.5) is 0 Å². The first-order chi connectivity index (χ1) is 6.30. The fraction of sp³-hybridized carbons (Fsp3) is 0.833. The Labute approximate surface area is 93.9 Å². The smallest absolute Gasteiger partial charge is 0.237 e. The van der Waals surface area contributed by atoms with Crippen molar-refractivity contribution in [2.75, 3.05) is 23.1 Å². The van der Waals surface area contributed by atoms with Gasteiger partial charge in [-0.05, 0) is 0 Å². The topological polar surface area (TPSA) is 55.1 Å². The SMILES string of the molecule is C1SS1.NC1CSSCCNC1=O. The molecule has 76 valence electrons. The van der Waals surface area contributed by atoms with Crippen molar-refractivity contribution in [1.82, 2.24) is 5.32 Å². The lowest BCUT2D eigenvalue weighted by atomic mass is 10.3. The van der Waals surface area contributed by atoms with E-state index < -0.39 is 0 Å². The van der Waals surface area contributed by atoms with Gasteiger partial charge in [-0.15, -0.1) is 0 Å². The van der Waals surface area contributed by atoms with Gasteiger partial charge >= 0.3 is 0 Å². The van der Waals surface area contributed by atoms with Gasteiger partial charge in [0.2, 0.25) is 5.91 Å². The highest BCUT2D eigenvalue weighted by Gasteiger charge is 2.14. The van der Waals surface area contributed by atoms with E-state index in [0.717, 1.165) is 18.1 Å². The van der Waals surface area contributed by atoms with Crippen molar-refractivity contribution in [3.8, 4) is 0 Å². The molecule has 0 radical (unpaired) electrons. The van der Waals surface area contributed by atoms with Crippen LogP contribution in [0, 0.1) is 0 Å². The maximum Gasteiger partial charge on any atom is 0.237 e. The molecule has 2 aliphatic heterocycles. The molecule has 7 heteroatoms. The third kappa shape index (κ3) is 6.84. The van der Waals surface area contributed by atoms with Crippen LogP contribution in [-0.4, -0.2) is 35.1 Å². The second kappa shape index (κ2) is 7.17. The number of carbonyl (C=O) groups excluding carboxylic acids is 1. The average molecular weight is 256 g/mol. The van der Waals surface area contributed by atoms with E-state index >= 15 is 0 Å². The van der Waals surface area contributed by atoms with Gasteiger partial charge in [0.05, 0.1) is 11.1 Å². The number of nitrogens with two attached hydrogens (primary N) is 1. The molecule has 0 bridgehead atoms. The second-order valence-electron chi connectivity index (χ2n) is 2.36. The lowest BCUT2D eigenvalue weighted by Gasteiger charge is -2.14. The Morgan fingerprint density at radius 2 is 2.00 bits per heavy atom. The molecule has 2 fully saturated rings. The molecule has 3 N–H and O–H groups in total. The van der Waals surface area contributed by atoms with Gasteiger partial charge in [-0.2, -0.15) is 0 Å². The van der Waals surface area contributed by atoms with E-state index in [1.807, 2.05) is 21.6 Å². The highest BCUT2D eigenvalue weighted by atomic mass is 33.2. The zero-order valence-electron chi connectivity index (χ0n) is 7.02. The summed E-state index contributed by atoms with van der Waals surface area (Å²) in [4.78, 5) is 10.9. The third-order valence-electron chi connectivity index (χ3n) is 1.27. The predicted molar refractivity (Wildman–Crippen MR) is 66.0 cm³/mol. The molecule has 2 heterocycles. The van der Waals surface area contributed by atoms with Gasteiger partial charge < -0.3 is 11.1 Å². The molecular weight excluding hydrogens is 244 g/mol. The number of hydrogen-bond donors (Lipinski definition) is 2. The summed E-state index contributed by atoms with van der Waals surface area (Å²) in [6, 6.07) is -0.321. The molecule has 3 nitrogen and oxygen atoms in total. The lowest BCUT2D eigenvalue weighted by molar-refractivity contribution is -0.121. The molecule has 0 saturated carbocycles. The summed E-state index contributed by atoms with van der Waals surface area (Å²) in [6.07, 6.45) is 0. The van der Waals surface area contributed by atoms with E-state index in [0.29, 0.717) is 0 Å². The summed E-state index contributed by atoms with van der Waals surface area (Å²) in [5, 5.41) is 4.07. The van der Waals surface area contributed by atoms with Crippen LogP contribution < -0.4 is 11.1 Å². The first-order valence-corrected chi connectivity index (χ1v) is 8.80. The molecule has 0 aromatic carbocycles. The molecule has 0 aromatic heterocycles. The molecule has 1 unspecified atom stereocenters. The number of hydrogen-bond acceptors (Lipinski definition) is 6. The van der Waals surface area contributed by atoms with Crippen LogP contribution in [0.5, 0.6) is 0 Å². The molecule has 13 heavy (non-hydrogen) atoms. The van der Waals surface area contributed by atoms with E-state index in [1.165, 1.54) is 5.08 Å². The Hall–Kier alpha value is 0.830. The van der Waals surface area contributed by atoms with Crippen molar-refractivity contribution in [3.05, 3.63) is 0 Å². The summed E-state index contributed by atoms with van der Waals surface area (Å²) in [5.41, 5.74) is 5.50. The van der Waals surface area contributed by atoms with Crippen LogP contribution in [0.2, 0.25) is 0 Å². The van der Waals surface area contributed by atoms with Crippen molar-refractivity contribution < 1.29 is 4.79 Å². The standard InChI is InChI=1S/C5H10N2OS2.CH2S2/c6-4-3-10-9-2-1-7-5(4)8;1-2-3-1/h4H,1-3,6H2,(H,7,8);1H2. The molecule has 2 aliphatic rings. The largest absolute Gasteiger partial charge is 0.354 e. The number of nitrogens with one attached hydrogen (secondary N) is 1. The normalized spacial score (nSPS) is 27.5. The molecule has 0 spiro atoms. The zero-order valence-corrected chi connectivity index (χ0v) is 10.3. The maximum atomic E-state index is 10.9. The molecule has 1 atom stereocenters. The zero-order chi connectivity index (χ0) is 9.52. The van der Waals surface area contributed by atoms with E-state index in [9.17, 15) is 4.79 Å². The van der Waals surface area contributed by atoms with Crippen LogP contribution in [0.25, 0.3) is 0 Å². The fourth-order valence-corrected chi connectivity index (χ4v) is 2.63. The predicted octanol–water partition coefficient (Wildman–Crippen LogP) is 1.16. The van der Waals surface area contributed by atoms with Gasteiger partial charge in [0.1, 0.15) is 0 Å². The van der Waals surface area contributed by atoms with E-state index in [4.69, 9.17) is 5.73 Å². The van der Waals surface area contributed by atoms with Crippen LogP contribution in [0.3, 0.4) is 0 Å². The van der Waals surface area contributed by atoms with Gasteiger partial charge in [-0.25, -0.2) is 0 Å². The minimum atomic E-state index is -0.321. The van der Waals surface area contributed by atoms with Crippen LogP contribution >= 0.6 is 43.2 Å². The average Bonchev–Trinajstić information content (AvgIpc) is 2.93. The van der Waals surface area contributed by atoms with Crippen molar-refractivity contribution >= 4 is 49.1 Å². The lowest BCUT2D eigenvalue weighted by Crippen LogP contribution is -2.43. The summed E-state index contributed by atoms with van der Waals surface area (Å²) in [5.74, 6) is 1.67. The first-order valence-electron chi connectivity index (χ1n) is 3.83. The maximum absolute atomic E-state index is 10.9. The van der Waals surface area contributed by atoms with Gasteiger partial charge in [-0.1, -0.05) is 43.2 Å². The highest BCUT2D eigenvalue weighted by molar-refractivity contribution is 8.92. The monoisotopic (exact) mass is 256 g/mol. The fourth-order valence-electron chi connectivity index (χ4n) is 0.603. The van der Waals surface area contributed by atoms with Gasteiger partial charge in [-0.3, -0.25) is 4.79 Å². The number of rotatable bonds is 0. The molecule has 1 amide bonds. The minimum Gasteiger partial charge on any atom is -0.354 e. The van der Waals surface area contributed by atoms with Gasteiger partial charge in [0.25, 0.3) is 0 Å². The van der Waals surface area contributed by atoms with Crippen LogP contribution in [0.1, 0.15) is 0 Å². The summed E-state index contributed by atoms with van der Waals surface area (Å²) < 4.78 is 0. The molecule has 2 rings (SSSR count). The van der Waals surface area contributed by atoms with E-state index in [1.54, 1.807) is 21.6 Å². The van der Waals surface area contributed by atoms with Crippen molar-refractivity contribution in [2.24, 2.45) is 5.73 Å². The third-order valence-corrected chi connectivity index (χ3v) is 4.65.